The average Bonchev–Trinajstić information content (AvgIpc) is 3.07. The van der Waals surface area contributed by atoms with E-state index in [4.69, 9.17) is 4.74 Å². The Bertz CT molecular complexity index is 643. The van der Waals surface area contributed by atoms with Gasteiger partial charge in [0.25, 0.3) is 0 Å². The third-order valence-electron chi connectivity index (χ3n) is 4.88. The molecule has 3 rings (SSSR count). The van der Waals surface area contributed by atoms with Crippen molar-refractivity contribution in [1.29, 1.82) is 0 Å². The van der Waals surface area contributed by atoms with E-state index in [1.807, 2.05) is 17.6 Å². The van der Waals surface area contributed by atoms with E-state index in [2.05, 4.69) is 32.7 Å². The topological polar surface area (TPSA) is 57.6 Å². The van der Waals surface area contributed by atoms with Crippen LogP contribution < -0.4 is 10.1 Å². The summed E-state index contributed by atoms with van der Waals surface area (Å²) in [6.45, 7) is 4.95. The van der Waals surface area contributed by atoms with Crippen molar-refractivity contribution in [1.82, 2.24) is 15.2 Å². The number of nitrogens with zero attached hydrogens (tertiary/aromatic N) is 2. The summed E-state index contributed by atoms with van der Waals surface area (Å²) in [5.74, 6) is 0.823. The number of ether oxygens (including phenoxy) is 1. The Morgan fingerprint density at radius 2 is 2.07 bits per heavy atom. The summed E-state index contributed by atoms with van der Waals surface area (Å²) in [6, 6.07) is 8.11. The van der Waals surface area contributed by atoms with Gasteiger partial charge in [-0.1, -0.05) is 25.0 Å². The zero-order valence-electron chi connectivity index (χ0n) is 16.0. The second-order valence-electron chi connectivity index (χ2n) is 7.23. The van der Waals surface area contributed by atoms with Crippen LogP contribution in [0, 0.1) is 0 Å². The third kappa shape index (κ3) is 7.58. The number of hydrogen-bond donors (Lipinski definition) is 2. The molecule has 0 amide bonds. The second kappa shape index (κ2) is 11.4. The van der Waals surface area contributed by atoms with Gasteiger partial charge in [-0.05, 0) is 43.6 Å². The first kappa shape index (κ1) is 20.3. The number of benzene rings is 1. The summed E-state index contributed by atoms with van der Waals surface area (Å²) in [6.07, 6.45) is 5.61. The molecule has 1 aliphatic heterocycles. The first-order chi connectivity index (χ1) is 13.3. The molecule has 0 saturated carbocycles. The summed E-state index contributed by atoms with van der Waals surface area (Å²) in [5, 5.41) is 15.8. The van der Waals surface area contributed by atoms with Crippen molar-refractivity contribution in [2.45, 2.75) is 44.8 Å². The van der Waals surface area contributed by atoms with Crippen LogP contribution in [0.1, 0.15) is 36.9 Å². The molecule has 1 fully saturated rings. The quantitative estimate of drug-likeness (QED) is 0.612. The van der Waals surface area contributed by atoms with Gasteiger partial charge in [-0.25, -0.2) is 4.98 Å². The van der Waals surface area contributed by atoms with E-state index in [0.29, 0.717) is 13.2 Å². The number of aliphatic hydroxyl groups excluding tert-OH is 1. The molecule has 2 N–H and O–H groups in total. The fourth-order valence-electron chi connectivity index (χ4n) is 3.42. The molecule has 0 radical (unpaired) electrons. The molecule has 1 atom stereocenters. The average molecular weight is 390 g/mol. The number of rotatable bonds is 10. The highest BCUT2D eigenvalue weighted by Crippen LogP contribution is 2.14. The summed E-state index contributed by atoms with van der Waals surface area (Å²) >= 11 is 1.64. The smallest absolute Gasteiger partial charge is 0.119 e. The third-order valence-corrected chi connectivity index (χ3v) is 5.51. The van der Waals surface area contributed by atoms with Crippen LogP contribution in [-0.4, -0.2) is 53.9 Å². The second-order valence-corrected chi connectivity index (χ2v) is 7.95. The molecule has 0 spiro atoms. The Balaban J connectivity index is 1.36. The maximum absolute atomic E-state index is 10.3. The van der Waals surface area contributed by atoms with Crippen LogP contribution in [-0.2, 0) is 13.0 Å². The van der Waals surface area contributed by atoms with Crippen LogP contribution in [0.3, 0.4) is 0 Å². The largest absolute Gasteiger partial charge is 0.491 e. The first-order valence-electron chi connectivity index (χ1n) is 9.99. The first-order valence-corrected chi connectivity index (χ1v) is 10.9. The van der Waals surface area contributed by atoms with Crippen LogP contribution in [0.4, 0.5) is 0 Å². The van der Waals surface area contributed by atoms with Crippen LogP contribution in [0.15, 0.2) is 35.2 Å². The van der Waals surface area contributed by atoms with Gasteiger partial charge < -0.3 is 20.1 Å². The lowest BCUT2D eigenvalue weighted by Gasteiger charge is -2.23. The monoisotopic (exact) mass is 389 g/mol. The highest BCUT2D eigenvalue weighted by Gasteiger charge is 2.14. The summed E-state index contributed by atoms with van der Waals surface area (Å²) < 4.78 is 5.83. The van der Waals surface area contributed by atoms with Gasteiger partial charge in [0.2, 0.25) is 0 Å². The van der Waals surface area contributed by atoms with Gasteiger partial charge in [-0.15, -0.1) is 11.3 Å². The van der Waals surface area contributed by atoms with Crippen molar-refractivity contribution in [3.05, 3.63) is 46.4 Å². The molecule has 0 aliphatic carbocycles. The Morgan fingerprint density at radius 1 is 1.22 bits per heavy atom. The van der Waals surface area contributed by atoms with E-state index in [9.17, 15) is 5.11 Å². The van der Waals surface area contributed by atoms with Gasteiger partial charge in [0.1, 0.15) is 18.5 Å². The fraction of sp³-hybridized carbons (Fsp3) is 0.571. The van der Waals surface area contributed by atoms with Crippen molar-refractivity contribution < 1.29 is 9.84 Å². The number of aliphatic hydroxyl groups is 1. The van der Waals surface area contributed by atoms with Crippen LogP contribution >= 0.6 is 11.3 Å². The molecule has 6 heteroatoms. The van der Waals surface area contributed by atoms with Crippen molar-refractivity contribution in [3.63, 3.8) is 0 Å². The van der Waals surface area contributed by atoms with Gasteiger partial charge >= 0.3 is 0 Å². The SMILES string of the molecule is OC(COc1cccc(CNCCc2cscn2)c1)CN1CCCCCC1. The number of β-amino-alcohol motifs (C(OH)–C–C–N with tert-alkyl or cyclic N) is 1. The van der Waals surface area contributed by atoms with E-state index in [1.54, 1.807) is 11.3 Å². The van der Waals surface area contributed by atoms with E-state index in [0.717, 1.165) is 44.0 Å². The van der Waals surface area contributed by atoms with E-state index in [1.165, 1.54) is 31.2 Å². The van der Waals surface area contributed by atoms with Crippen LogP contribution in [0.2, 0.25) is 0 Å². The van der Waals surface area contributed by atoms with Crippen molar-refractivity contribution >= 4 is 11.3 Å². The Kier molecular flexibility index (Phi) is 8.55. The Hall–Kier alpha value is -1.47. The van der Waals surface area contributed by atoms with Gasteiger partial charge in [0.05, 0.1) is 11.2 Å². The molecule has 27 heavy (non-hydrogen) atoms. The summed E-state index contributed by atoms with van der Waals surface area (Å²) in [5.41, 5.74) is 4.20. The lowest BCUT2D eigenvalue weighted by Crippen LogP contribution is -2.36. The van der Waals surface area contributed by atoms with Gasteiger partial charge in [0.15, 0.2) is 0 Å². The Morgan fingerprint density at radius 3 is 2.85 bits per heavy atom. The standard InChI is InChI=1S/C21H31N3O2S/c25-20(14-24-10-3-1-2-4-11-24)15-26-21-7-5-6-18(12-21)13-22-9-8-19-16-27-17-23-19/h5-7,12,16-17,20,22,25H,1-4,8-11,13-15H2. The molecule has 0 bridgehead atoms. The number of thiazole rings is 1. The summed E-state index contributed by atoms with van der Waals surface area (Å²) in [7, 11) is 0. The minimum atomic E-state index is -0.442. The molecule has 1 saturated heterocycles. The molecular weight excluding hydrogens is 358 g/mol. The zero-order valence-corrected chi connectivity index (χ0v) is 16.8. The van der Waals surface area contributed by atoms with Crippen molar-refractivity contribution in [2.75, 3.05) is 32.8 Å². The lowest BCUT2D eigenvalue weighted by molar-refractivity contribution is 0.0693. The molecule has 2 heterocycles. The fourth-order valence-corrected chi connectivity index (χ4v) is 4.01. The highest BCUT2D eigenvalue weighted by atomic mass is 32.1. The van der Waals surface area contributed by atoms with Crippen molar-refractivity contribution in [2.24, 2.45) is 0 Å². The zero-order chi connectivity index (χ0) is 18.7. The predicted octanol–water partition coefficient (Wildman–Crippen LogP) is 3.09. The molecule has 2 aromatic rings. The maximum atomic E-state index is 10.3. The van der Waals surface area contributed by atoms with E-state index in [-0.39, 0.29) is 0 Å². The highest BCUT2D eigenvalue weighted by molar-refractivity contribution is 7.07. The number of aromatic nitrogens is 1. The number of likely N-dealkylation sites (tertiary alicyclic amines) is 1. The lowest BCUT2D eigenvalue weighted by atomic mass is 10.2. The molecule has 1 aliphatic rings. The molecule has 1 unspecified atom stereocenters. The normalized spacial score (nSPS) is 16.8. The van der Waals surface area contributed by atoms with E-state index < -0.39 is 6.10 Å². The van der Waals surface area contributed by atoms with E-state index >= 15 is 0 Å². The number of nitrogens with one attached hydrogen (secondary N) is 1. The molecule has 148 valence electrons. The Labute approximate surface area is 166 Å². The molecular formula is C21H31N3O2S. The molecule has 1 aromatic heterocycles. The van der Waals surface area contributed by atoms with Gasteiger partial charge in [0, 0.05) is 31.4 Å². The minimum Gasteiger partial charge on any atom is -0.491 e. The minimum absolute atomic E-state index is 0.344. The van der Waals surface area contributed by atoms with Gasteiger partial charge in [-0.3, -0.25) is 0 Å². The number of hydrogen-bond acceptors (Lipinski definition) is 6. The van der Waals surface area contributed by atoms with Crippen LogP contribution in [0.5, 0.6) is 5.75 Å². The predicted molar refractivity (Wildman–Crippen MR) is 110 cm³/mol. The molecule has 1 aromatic carbocycles. The maximum Gasteiger partial charge on any atom is 0.119 e. The summed E-state index contributed by atoms with van der Waals surface area (Å²) in [4.78, 5) is 6.66. The molecule has 5 nitrogen and oxygen atoms in total. The van der Waals surface area contributed by atoms with Crippen LogP contribution in [0.25, 0.3) is 0 Å². The van der Waals surface area contributed by atoms with Crippen molar-refractivity contribution in [3.8, 4) is 5.75 Å². The van der Waals surface area contributed by atoms with Gasteiger partial charge in [-0.2, -0.15) is 0 Å².